The topological polar surface area (TPSA) is 9.23 Å². The molecule has 0 unspecified atom stereocenters. The summed E-state index contributed by atoms with van der Waals surface area (Å²) in [4.78, 5) is 0. The summed E-state index contributed by atoms with van der Waals surface area (Å²) in [5, 5.41) is 0. The van der Waals surface area contributed by atoms with Gasteiger partial charge in [0, 0.05) is 5.56 Å². The Labute approximate surface area is 128 Å². The van der Waals surface area contributed by atoms with Crippen molar-refractivity contribution in [3.05, 3.63) is 63.7 Å². The van der Waals surface area contributed by atoms with Gasteiger partial charge in [0.25, 0.3) is 0 Å². The highest BCUT2D eigenvalue weighted by molar-refractivity contribution is 5.58. The molecule has 0 spiro atoms. The molecule has 1 aliphatic heterocycles. The molecule has 110 valence electrons. The molecule has 0 saturated carbocycles. The van der Waals surface area contributed by atoms with Crippen LogP contribution in [-0.4, -0.2) is 5.60 Å². The molecule has 21 heavy (non-hydrogen) atoms. The normalized spacial score (nSPS) is 19.2. The van der Waals surface area contributed by atoms with Crippen LogP contribution in [0.3, 0.4) is 0 Å². The molecule has 0 bridgehead atoms. The van der Waals surface area contributed by atoms with Crippen LogP contribution in [0.2, 0.25) is 0 Å². The first kappa shape index (κ1) is 14.2. The number of aryl methyl sites for hydroxylation is 3. The summed E-state index contributed by atoms with van der Waals surface area (Å²) in [6, 6.07) is 11.2. The van der Waals surface area contributed by atoms with Crippen LogP contribution < -0.4 is 4.74 Å². The Morgan fingerprint density at radius 2 is 1.52 bits per heavy atom. The molecule has 1 aliphatic rings. The summed E-state index contributed by atoms with van der Waals surface area (Å²) in [5.74, 6) is 1.40. The lowest BCUT2D eigenvalue weighted by Crippen LogP contribution is -2.31. The maximum absolute atomic E-state index is 6.38. The van der Waals surface area contributed by atoms with Crippen molar-refractivity contribution in [2.75, 3.05) is 0 Å². The van der Waals surface area contributed by atoms with Gasteiger partial charge < -0.3 is 4.74 Å². The second-order valence-corrected chi connectivity index (χ2v) is 6.93. The molecule has 1 heteroatoms. The van der Waals surface area contributed by atoms with Crippen LogP contribution in [0.25, 0.3) is 0 Å². The summed E-state index contributed by atoms with van der Waals surface area (Å²) in [7, 11) is 0. The van der Waals surface area contributed by atoms with Gasteiger partial charge in [0.15, 0.2) is 0 Å². The third-order valence-corrected chi connectivity index (χ3v) is 4.79. The van der Waals surface area contributed by atoms with E-state index in [0.717, 1.165) is 5.75 Å². The molecular formula is C20H24O. The van der Waals surface area contributed by atoms with Gasteiger partial charge in [0.2, 0.25) is 0 Å². The Kier molecular flexibility index (Phi) is 3.12. The predicted octanol–water partition coefficient (Wildman–Crippen LogP) is 5.22. The molecule has 0 N–H and O–H groups in total. The smallest absolute Gasteiger partial charge is 0.127 e. The number of benzene rings is 2. The molecular weight excluding hydrogens is 256 g/mol. The van der Waals surface area contributed by atoms with Gasteiger partial charge >= 0.3 is 0 Å². The van der Waals surface area contributed by atoms with Gasteiger partial charge in [-0.25, -0.2) is 0 Å². The standard InChI is InChI=1S/C20H24O/c1-12-7-9-16(10-8-12)18-17-14(3)11-13(2)15(4)19(17)21-20(18,5)6/h7-11,18H,1-6H3/t18-/m1/s1. The third kappa shape index (κ3) is 2.16. The van der Waals surface area contributed by atoms with Crippen LogP contribution >= 0.6 is 0 Å². The van der Waals surface area contributed by atoms with E-state index in [1.165, 1.54) is 33.4 Å². The molecule has 0 amide bonds. The van der Waals surface area contributed by atoms with Gasteiger partial charge in [0.1, 0.15) is 11.4 Å². The van der Waals surface area contributed by atoms with Crippen LogP contribution in [0.4, 0.5) is 0 Å². The fraction of sp³-hybridized carbons (Fsp3) is 0.400. The number of hydrogen-bond donors (Lipinski definition) is 0. The Hall–Kier alpha value is -1.76. The van der Waals surface area contributed by atoms with Gasteiger partial charge in [-0.2, -0.15) is 0 Å². The third-order valence-electron chi connectivity index (χ3n) is 4.79. The van der Waals surface area contributed by atoms with Crippen LogP contribution in [0, 0.1) is 27.7 Å². The monoisotopic (exact) mass is 280 g/mol. The average Bonchev–Trinajstić information content (AvgIpc) is 2.69. The Morgan fingerprint density at radius 1 is 0.905 bits per heavy atom. The largest absolute Gasteiger partial charge is 0.486 e. The van der Waals surface area contributed by atoms with Crippen molar-refractivity contribution in [1.29, 1.82) is 0 Å². The fourth-order valence-electron chi connectivity index (χ4n) is 3.56. The zero-order valence-corrected chi connectivity index (χ0v) is 13.9. The average molecular weight is 280 g/mol. The van der Waals surface area contributed by atoms with E-state index < -0.39 is 0 Å². The van der Waals surface area contributed by atoms with Crippen LogP contribution in [0.1, 0.15) is 53.1 Å². The highest BCUT2D eigenvalue weighted by atomic mass is 16.5. The van der Waals surface area contributed by atoms with Crippen molar-refractivity contribution in [2.24, 2.45) is 0 Å². The first-order valence-corrected chi connectivity index (χ1v) is 7.67. The molecule has 0 aromatic heterocycles. The van der Waals surface area contributed by atoms with Crippen molar-refractivity contribution in [3.63, 3.8) is 0 Å². The molecule has 0 fully saturated rings. The SMILES string of the molecule is Cc1ccc([C@@H]2c3c(C)cc(C)c(C)c3OC2(C)C)cc1. The maximum atomic E-state index is 6.38. The van der Waals surface area contributed by atoms with Gasteiger partial charge in [-0.1, -0.05) is 35.9 Å². The summed E-state index contributed by atoms with van der Waals surface area (Å²) in [6.07, 6.45) is 0. The molecule has 1 heterocycles. The van der Waals surface area contributed by atoms with Crippen molar-refractivity contribution < 1.29 is 4.74 Å². The minimum atomic E-state index is -0.207. The molecule has 0 radical (unpaired) electrons. The van der Waals surface area contributed by atoms with E-state index in [-0.39, 0.29) is 5.60 Å². The molecule has 2 aromatic carbocycles. The van der Waals surface area contributed by atoms with Gasteiger partial charge in [0.05, 0.1) is 5.92 Å². The van der Waals surface area contributed by atoms with E-state index in [4.69, 9.17) is 4.74 Å². The Morgan fingerprint density at radius 3 is 2.14 bits per heavy atom. The number of rotatable bonds is 1. The van der Waals surface area contributed by atoms with E-state index >= 15 is 0 Å². The van der Waals surface area contributed by atoms with Crippen molar-refractivity contribution in [1.82, 2.24) is 0 Å². The zero-order chi connectivity index (χ0) is 15.4. The minimum absolute atomic E-state index is 0.207. The summed E-state index contributed by atoms with van der Waals surface area (Å²) >= 11 is 0. The molecule has 1 atom stereocenters. The Bertz CT molecular complexity index is 693. The van der Waals surface area contributed by atoms with E-state index in [2.05, 4.69) is 71.9 Å². The first-order chi connectivity index (χ1) is 9.81. The highest BCUT2D eigenvalue weighted by Crippen LogP contribution is 2.51. The molecule has 1 nitrogen and oxygen atoms in total. The van der Waals surface area contributed by atoms with Crippen molar-refractivity contribution >= 4 is 0 Å². The minimum Gasteiger partial charge on any atom is -0.486 e. The number of hydrogen-bond acceptors (Lipinski definition) is 1. The Balaban J connectivity index is 2.23. The zero-order valence-electron chi connectivity index (χ0n) is 13.9. The number of fused-ring (bicyclic) bond motifs is 1. The second-order valence-electron chi connectivity index (χ2n) is 6.93. The van der Waals surface area contributed by atoms with E-state index in [1.54, 1.807) is 0 Å². The van der Waals surface area contributed by atoms with E-state index in [1.807, 2.05) is 0 Å². The lowest BCUT2D eigenvalue weighted by atomic mass is 9.79. The van der Waals surface area contributed by atoms with Crippen LogP contribution in [-0.2, 0) is 0 Å². The molecule has 0 aliphatic carbocycles. The first-order valence-electron chi connectivity index (χ1n) is 7.67. The van der Waals surface area contributed by atoms with Crippen LogP contribution in [0.15, 0.2) is 30.3 Å². The van der Waals surface area contributed by atoms with Crippen molar-refractivity contribution in [3.8, 4) is 5.75 Å². The highest BCUT2D eigenvalue weighted by Gasteiger charge is 2.43. The van der Waals surface area contributed by atoms with E-state index in [9.17, 15) is 0 Å². The van der Waals surface area contributed by atoms with E-state index in [0.29, 0.717) is 5.92 Å². The maximum Gasteiger partial charge on any atom is 0.127 e. The molecule has 3 rings (SSSR count). The molecule has 2 aromatic rings. The molecule has 0 saturated heterocycles. The fourth-order valence-corrected chi connectivity index (χ4v) is 3.56. The number of ether oxygens (including phenoxy) is 1. The van der Waals surface area contributed by atoms with Gasteiger partial charge in [-0.05, 0) is 63.8 Å². The second kappa shape index (κ2) is 4.62. The van der Waals surface area contributed by atoms with Crippen LogP contribution in [0.5, 0.6) is 5.75 Å². The predicted molar refractivity (Wildman–Crippen MR) is 88.4 cm³/mol. The van der Waals surface area contributed by atoms with Crippen molar-refractivity contribution in [2.45, 2.75) is 53.1 Å². The lowest BCUT2D eigenvalue weighted by molar-refractivity contribution is 0.121. The summed E-state index contributed by atoms with van der Waals surface area (Å²) in [6.45, 7) is 13.1. The quantitative estimate of drug-likeness (QED) is 0.695. The van der Waals surface area contributed by atoms with Gasteiger partial charge in [-0.3, -0.25) is 0 Å². The summed E-state index contributed by atoms with van der Waals surface area (Å²) < 4.78 is 6.38. The lowest BCUT2D eigenvalue weighted by Gasteiger charge is -2.27. The summed E-state index contributed by atoms with van der Waals surface area (Å²) in [5.41, 5.74) is 7.73. The van der Waals surface area contributed by atoms with Gasteiger partial charge in [-0.15, -0.1) is 0 Å².